The highest BCUT2D eigenvalue weighted by Gasteiger charge is 1.98. The molecule has 0 heterocycles. The van der Waals surface area contributed by atoms with E-state index in [0.717, 1.165) is 11.3 Å². The monoisotopic (exact) mass is 229 g/mol. The molecule has 0 unspecified atom stereocenters. The fourth-order valence-corrected chi connectivity index (χ4v) is 1.70. The maximum Gasteiger partial charge on any atom is 0.123 e. The molecule has 2 aromatic rings. The van der Waals surface area contributed by atoms with Crippen LogP contribution in [0.25, 0.3) is 0 Å². The molecule has 0 bridgehead atoms. The summed E-state index contributed by atoms with van der Waals surface area (Å²) in [5, 5.41) is 3.29. The van der Waals surface area contributed by atoms with Gasteiger partial charge in [-0.3, -0.25) is 0 Å². The van der Waals surface area contributed by atoms with Gasteiger partial charge in [-0.15, -0.1) is 0 Å². The molecule has 17 heavy (non-hydrogen) atoms. The number of benzene rings is 2. The first-order chi connectivity index (χ1) is 8.15. The summed E-state index contributed by atoms with van der Waals surface area (Å²) in [4.78, 5) is 0. The number of hydrogen-bond acceptors (Lipinski definition) is 1. The van der Waals surface area contributed by atoms with E-state index in [-0.39, 0.29) is 5.82 Å². The molecule has 0 aliphatic carbocycles. The second kappa shape index (κ2) is 5.00. The zero-order chi connectivity index (χ0) is 12.3. The van der Waals surface area contributed by atoms with E-state index in [9.17, 15) is 4.39 Å². The minimum atomic E-state index is -0.190. The fourth-order valence-electron chi connectivity index (χ4n) is 1.70. The van der Waals surface area contributed by atoms with E-state index in [1.165, 1.54) is 17.2 Å². The van der Waals surface area contributed by atoms with Gasteiger partial charge in [-0.2, -0.15) is 0 Å². The summed E-state index contributed by atoms with van der Waals surface area (Å²) in [6.07, 6.45) is 0. The van der Waals surface area contributed by atoms with Gasteiger partial charge in [0.1, 0.15) is 5.82 Å². The lowest BCUT2D eigenvalue weighted by molar-refractivity contribution is 0.626. The Morgan fingerprint density at radius 2 is 1.82 bits per heavy atom. The van der Waals surface area contributed by atoms with Crippen LogP contribution in [-0.2, 0) is 6.54 Å². The Kier molecular flexibility index (Phi) is 3.43. The molecule has 0 amide bonds. The van der Waals surface area contributed by atoms with Gasteiger partial charge in [0.15, 0.2) is 0 Å². The molecule has 1 N–H and O–H groups in total. The average Bonchev–Trinajstić information content (AvgIpc) is 2.31. The van der Waals surface area contributed by atoms with Gasteiger partial charge in [-0.05, 0) is 54.8 Å². The SMILES string of the molecule is Cc1ccc(NCc2cccc(F)c2)cc1C. The molecule has 0 fully saturated rings. The van der Waals surface area contributed by atoms with E-state index in [1.807, 2.05) is 12.1 Å². The van der Waals surface area contributed by atoms with Crippen LogP contribution in [0.2, 0.25) is 0 Å². The Balaban J connectivity index is 2.05. The van der Waals surface area contributed by atoms with Crippen molar-refractivity contribution in [3.63, 3.8) is 0 Å². The van der Waals surface area contributed by atoms with E-state index >= 15 is 0 Å². The van der Waals surface area contributed by atoms with Crippen molar-refractivity contribution in [3.8, 4) is 0 Å². The van der Waals surface area contributed by atoms with Crippen molar-refractivity contribution >= 4 is 5.69 Å². The molecule has 2 heteroatoms. The van der Waals surface area contributed by atoms with Gasteiger partial charge >= 0.3 is 0 Å². The standard InChI is InChI=1S/C15H16FN/c1-11-6-7-15(8-12(11)2)17-10-13-4-3-5-14(16)9-13/h3-9,17H,10H2,1-2H3. The first kappa shape index (κ1) is 11.6. The summed E-state index contributed by atoms with van der Waals surface area (Å²) in [5.41, 5.74) is 4.55. The lowest BCUT2D eigenvalue weighted by Gasteiger charge is -2.08. The maximum atomic E-state index is 13.0. The van der Waals surface area contributed by atoms with E-state index in [0.29, 0.717) is 6.54 Å². The number of aryl methyl sites for hydroxylation is 2. The summed E-state index contributed by atoms with van der Waals surface area (Å²) in [6, 6.07) is 12.9. The molecule has 0 radical (unpaired) electrons. The molecule has 0 aliphatic heterocycles. The molecule has 0 spiro atoms. The molecule has 2 aromatic carbocycles. The van der Waals surface area contributed by atoms with Crippen LogP contribution in [0.5, 0.6) is 0 Å². The minimum Gasteiger partial charge on any atom is -0.381 e. The first-order valence-corrected chi connectivity index (χ1v) is 5.71. The van der Waals surface area contributed by atoms with E-state index in [1.54, 1.807) is 12.1 Å². The first-order valence-electron chi connectivity index (χ1n) is 5.71. The zero-order valence-electron chi connectivity index (χ0n) is 10.1. The van der Waals surface area contributed by atoms with Crippen LogP contribution in [0.3, 0.4) is 0 Å². The third-order valence-electron chi connectivity index (χ3n) is 2.89. The number of nitrogens with one attached hydrogen (secondary N) is 1. The molecule has 0 saturated carbocycles. The van der Waals surface area contributed by atoms with Gasteiger partial charge in [0.05, 0.1) is 0 Å². The summed E-state index contributed by atoms with van der Waals surface area (Å²) in [7, 11) is 0. The molecule has 0 aliphatic rings. The lowest BCUT2D eigenvalue weighted by atomic mass is 10.1. The number of anilines is 1. The zero-order valence-corrected chi connectivity index (χ0v) is 10.1. The van der Waals surface area contributed by atoms with Crippen LogP contribution >= 0.6 is 0 Å². The van der Waals surface area contributed by atoms with Crippen LogP contribution in [0, 0.1) is 19.7 Å². The Bertz CT molecular complexity index is 520. The van der Waals surface area contributed by atoms with Crippen LogP contribution < -0.4 is 5.32 Å². The van der Waals surface area contributed by atoms with Crippen molar-refractivity contribution < 1.29 is 4.39 Å². The number of rotatable bonds is 3. The largest absolute Gasteiger partial charge is 0.381 e. The number of hydrogen-bond donors (Lipinski definition) is 1. The van der Waals surface area contributed by atoms with Gasteiger partial charge < -0.3 is 5.32 Å². The average molecular weight is 229 g/mol. The minimum absolute atomic E-state index is 0.190. The molecule has 2 rings (SSSR count). The summed E-state index contributed by atoms with van der Waals surface area (Å²) in [6.45, 7) is 4.81. The van der Waals surface area contributed by atoms with Gasteiger partial charge in [0.25, 0.3) is 0 Å². The van der Waals surface area contributed by atoms with Crippen LogP contribution in [-0.4, -0.2) is 0 Å². The third-order valence-corrected chi connectivity index (χ3v) is 2.89. The molecule has 0 atom stereocenters. The second-order valence-electron chi connectivity index (χ2n) is 4.28. The maximum absolute atomic E-state index is 13.0. The van der Waals surface area contributed by atoms with Gasteiger partial charge in [0.2, 0.25) is 0 Å². The third kappa shape index (κ3) is 3.06. The van der Waals surface area contributed by atoms with E-state index in [2.05, 4.69) is 31.3 Å². The molecule has 88 valence electrons. The molecule has 0 aromatic heterocycles. The molecular weight excluding hydrogens is 213 g/mol. The van der Waals surface area contributed by atoms with Crippen LogP contribution in [0.15, 0.2) is 42.5 Å². The molecule has 1 nitrogen and oxygen atoms in total. The summed E-state index contributed by atoms with van der Waals surface area (Å²) >= 11 is 0. The predicted molar refractivity (Wildman–Crippen MR) is 69.6 cm³/mol. The van der Waals surface area contributed by atoms with Crippen molar-refractivity contribution in [1.29, 1.82) is 0 Å². The van der Waals surface area contributed by atoms with Crippen LogP contribution in [0.1, 0.15) is 16.7 Å². The predicted octanol–water partition coefficient (Wildman–Crippen LogP) is 4.05. The van der Waals surface area contributed by atoms with Crippen molar-refractivity contribution in [1.82, 2.24) is 0 Å². The molecular formula is C15H16FN. The van der Waals surface area contributed by atoms with Crippen LogP contribution in [0.4, 0.5) is 10.1 Å². The van der Waals surface area contributed by atoms with Gasteiger partial charge in [-0.25, -0.2) is 4.39 Å². The second-order valence-corrected chi connectivity index (χ2v) is 4.28. The topological polar surface area (TPSA) is 12.0 Å². The Hall–Kier alpha value is -1.83. The normalized spacial score (nSPS) is 10.3. The lowest BCUT2D eigenvalue weighted by Crippen LogP contribution is -2.00. The van der Waals surface area contributed by atoms with Crippen molar-refractivity contribution in [3.05, 3.63) is 65.0 Å². The molecule has 0 saturated heterocycles. The summed E-state index contributed by atoms with van der Waals surface area (Å²) < 4.78 is 13.0. The highest BCUT2D eigenvalue weighted by molar-refractivity contribution is 5.48. The quantitative estimate of drug-likeness (QED) is 0.837. The smallest absolute Gasteiger partial charge is 0.123 e. The Morgan fingerprint density at radius 1 is 1.00 bits per heavy atom. The van der Waals surface area contributed by atoms with Crippen molar-refractivity contribution in [2.24, 2.45) is 0 Å². The summed E-state index contributed by atoms with van der Waals surface area (Å²) in [5.74, 6) is -0.190. The van der Waals surface area contributed by atoms with Crippen molar-refractivity contribution in [2.45, 2.75) is 20.4 Å². The van der Waals surface area contributed by atoms with Gasteiger partial charge in [0, 0.05) is 12.2 Å². The Morgan fingerprint density at radius 3 is 2.53 bits per heavy atom. The highest BCUT2D eigenvalue weighted by Crippen LogP contribution is 2.15. The van der Waals surface area contributed by atoms with Gasteiger partial charge in [-0.1, -0.05) is 18.2 Å². The highest BCUT2D eigenvalue weighted by atomic mass is 19.1. The van der Waals surface area contributed by atoms with E-state index < -0.39 is 0 Å². The Labute approximate surface area is 101 Å². The number of halogens is 1. The fraction of sp³-hybridized carbons (Fsp3) is 0.200. The van der Waals surface area contributed by atoms with Crippen molar-refractivity contribution in [2.75, 3.05) is 5.32 Å². The van der Waals surface area contributed by atoms with E-state index in [4.69, 9.17) is 0 Å².